The molecule has 0 bridgehead atoms. The van der Waals surface area contributed by atoms with Crippen LogP contribution >= 0.6 is 0 Å². The highest BCUT2D eigenvalue weighted by atomic mass is 14.9. The van der Waals surface area contributed by atoms with Gasteiger partial charge in [0.25, 0.3) is 0 Å². The first-order chi connectivity index (χ1) is 7.93. The number of rotatable bonds is 5. The standard InChI is InChI=1S/C15H26N2/c1-6-8-17-14(15(3,4)5)11-13-10-12(2)7-9-16-13/h7,9-10,14,17H,6,8,11H2,1-5H3. The SMILES string of the molecule is CCCNC(Cc1cc(C)ccn1)C(C)(C)C. The summed E-state index contributed by atoms with van der Waals surface area (Å²) in [5.41, 5.74) is 2.74. The van der Waals surface area contributed by atoms with E-state index in [4.69, 9.17) is 0 Å². The summed E-state index contributed by atoms with van der Waals surface area (Å²) in [6.45, 7) is 12.3. The van der Waals surface area contributed by atoms with Crippen molar-refractivity contribution in [3.63, 3.8) is 0 Å². The molecule has 0 amide bonds. The Bertz CT molecular complexity index is 339. The lowest BCUT2D eigenvalue weighted by molar-refractivity contribution is 0.265. The normalized spacial score (nSPS) is 13.7. The topological polar surface area (TPSA) is 24.9 Å². The van der Waals surface area contributed by atoms with Crippen molar-refractivity contribution in [1.29, 1.82) is 0 Å². The van der Waals surface area contributed by atoms with Crippen molar-refractivity contribution in [1.82, 2.24) is 10.3 Å². The number of nitrogens with one attached hydrogen (secondary N) is 1. The third-order valence-electron chi connectivity index (χ3n) is 3.07. The lowest BCUT2D eigenvalue weighted by atomic mass is 9.83. The van der Waals surface area contributed by atoms with Gasteiger partial charge in [0.05, 0.1) is 0 Å². The molecule has 1 heterocycles. The molecule has 0 spiro atoms. The monoisotopic (exact) mass is 234 g/mol. The van der Waals surface area contributed by atoms with Gasteiger partial charge in [0, 0.05) is 24.4 Å². The van der Waals surface area contributed by atoms with E-state index in [0.717, 1.165) is 13.0 Å². The Labute approximate surface area is 106 Å². The van der Waals surface area contributed by atoms with Crippen molar-refractivity contribution in [2.45, 2.75) is 53.5 Å². The van der Waals surface area contributed by atoms with E-state index in [1.807, 2.05) is 6.20 Å². The number of hydrogen-bond donors (Lipinski definition) is 1. The number of hydrogen-bond acceptors (Lipinski definition) is 2. The van der Waals surface area contributed by atoms with Crippen LogP contribution in [0.25, 0.3) is 0 Å². The molecule has 96 valence electrons. The Hall–Kier alpha value is -0.890. The fourth-order valence-electron chi connectivity index (χ4n) is 1.92. The largest absolute Gasteiger partial charge is 0.313 e. The number of pyridine rings is 1. The van der Waals surface area contributed by atoms with E-state index in [9.17, 15) is 0 Å². The fraction of sp³-hybridized carbons (Fsp3) is 0.667. The van der Waals surface area contributed by atoms with Gasteiger partial charge in [-0.2, -0.15) is 0 Å². The van der Waals surface area contributed by atoms with Gasteiger partial charge in [-0.25, -0.2) is 0 Å². The fourth-order valence-corrected chi connectivity index (χ4v) is 1.92. The summed E-state index contributed by atoms with van der Waals surface area (Å²) in [5.74, 6) is 0. The molecule has 0 radical (unpaired) electrons. The van der Waals surface area contributed by atoms with Crippen LogP contribution in [0.1, 0.15) is 45.4 Å². The predicted octanol–water partition coefficient (Wildman–Crippen LogP) is 3.35. The van der Waals surface area contributed by atoms with Crippen molar-refractivity contribution >= 4 is 0 Å². The second-order valence-electron chi connectivity index (χ2n) is 5.90. The van der Waals surface area contributed by atoms with Crippen LogP contribution in [0.15, 0.2) is 18.3 Å². The summed E-state index contributed by atoms with van der Waals surface area (Å²) in [6, 6.07) is 4.72. The Kier molecular flexibility index (Phi) is 5.13. The molecule has 0 aliphatic heterocycles. The Morgan fingerprint density at radius 3 is 2.59 bits per heavy atom. The molecule has 0 fully saturated rings. The molecule has 0 saturated heterocycles. The van der Waals surface area contributed by atoms with Crippen molar-refractivity contribution in [2.75, 3.05) is 6.54 Å². The third-order valence-corrected chi connectivity index (χ3v) is 3.07. The van der Waals surface area contributed by atoms with Gasteiger partial charge in [0.15, 0.2) is 0 Å². The molecule has 1 aromatic heterocycles. The minimum absolute atomic E-state index is 0.264. The summed E-state index contributed by atoms with van der Waals surface area (Å²) in [5, 5.41) is 3.64. The maximum Gasteiger partial charge on any atom is 0.0421 e. The van der Waals surface area contributed by atoms with Crippen LogP contribution in [-0.4, -0.2) is 17.6 Å². The van der Waals surface area contributed by atoms with E-state index in [-0.39, 0.29) is 5.41 Å². The van der Waals surface area contributed by atoms with E-state index < -0.39 is 0 Å². The molecule has 0 aromatic carbocycles. The molecular formula is C15H26N2. The Morgan fingerprint density at radius 1 is 1.35 bits per heavy atom. The van der Waals surface area contributed by atoms with Gasteiger partial charge < -0.3 is 5.32 Å². The molecule has 17 heavy (non-hydrogen) atoms. The highest BCUT2D eigenvalue weighted by Gasteiger charge is 2.24. The van der Waals surface area contributed by atoms with Gasteiger partial charge >= 0.3 is 0 Å². The third kappa shape index (κ3) is 4.86. The Balaban J connectivity index is 2.72. The van der Waals surface area contributed by atoms with E-state index in [2.05, 4.69) is 57.1 Å². The lowest BCUT2D eigenvalue weighted by Crippen LogP contribution is -2.42. The van der Waals surface area contributed by atoms with Crippen LogP contribution in [0.2, 0.25) is 0 Å². The van der Waals surface area contributed by atoms with Gasteiger partial charge in [-0.1, -0.05) is 27.7 Å². The molecular weight excluding hydrogens is 208 g/mol. The van der Waals surface area contributed by atoms with E-state index in [1.54, 1.807) is 0 Å². The number of aromatic nitrogens is 1. The van der Waals surface area contributed by atoms with Crippen LogP contribution in [-0.2, 0) is 6.42 Å². The van der Waals surface area contributed by atoms with Crippen LogP contribution < -0.4 is 5.32 Å². The molecule has 0 aliphatic rings. The zero-order valence-electron chi connectivity index (χ0n) is 11.9. The molecule has 1 unspecified atom stereocenters. The van der Waals surface area contributed by atoms with Gasteiger partial charge in [-0.05, 0) is 43.0 Å². The maximum atomic E-state index is 4.46. The minimum Gasteiger partial charge on any atom is -0.313 e. The zero-order valence-corrected chi connectivity index (χ0v) is 11.9. The number of nitrogens with zero attached hydrogens (tertiary/aromatic N) is 1. The van der Waals surface area contributed by atoms with E-state index >= 15 is 0 Å². The summed E-state index contributed by atoms with van der Waals surface area (Å²) in [6.07, 6.45) is 4.09. The van der Waals surface area contributed by atoms with E-state index in [1.165, 1.54) is 17.7 Å². The molecule has 0 aliphatic carbocycles. The Morgan fingerprint density at radius 2 is 2.06 bits per heavy atom. The van der Waals surface area contributed by atoms with Crippen molar-refractivity contribution in [2.24, 2.45) is 5.41 Å². The molecule has 1 N–H and O–H groups in total. The van der Waals surface area contributed by atoms with Gasteiger partial charge in [0.1, 0.15) is 0 Å². The first kappa shape index (κ1) is 14.2. The highest BCUT2D eigenvalue weighted by molar-refractivity contribution is 5.15. The molecule has 1 aromatic rings. The average molecular weight is 234 g/mol. The number of aryl methyl sites for hydroxylation is 1. The highest BCUT2D eigenvalue weighted by Crippen LogP contribution is 2.22. The summed E-state index contributed by atoms with van der Waals surface area (Å²) in [7, 11) is 0. The molecule has 1 rings (SSSR count). The van der Waals surface area contributed by atoms with E-state index in [0.29, 0.717) is 6.04 Å². The predicted molar refractivity (Wildman–Crippen MR) is 74.2 cm³/mol. The van der Waals surface area contributed by atoms with Gasteiger partial charge in [-0.3, -0.25) is 4.98 Å². The van der Waals surface area contributed by atoms with Crippen LogP contribution in [0.5, 0.6) is 0 Å². The van der Waals surface area contributed by atoms with Crippen molar-refractivity contribution < 1.29 is 0 Å². The minimum atomic E-state index is 0.264. The summed E-state index contributed by atoms with van der Waals surface area (Å²) >= 11 is 0. The molecule has 2 nitrogen and oxygen atoms in total. The lowest BCUT2D eigenvalue weighted by Gasteiger charge is -2.31. The maximum absolute atomic E-state index is 4.46. The summed E-state index contributed by atoms with van der Waals surface area (Å²) < 4.78 is 0. The second-order valence-corrected chi connectivity index (χ2v) is 5.90. The summed E-state index contributed by atoms with van der Waals surface area (Å²) in [4.78, 5) is 4.46. The van der Waals surface area contributed by atoms with Crippen LogP contribution in [0.4, 0.5) is 0 Å². The quantitative estimate of drug-likeness (QED) is 0.845. The molecule has 2 heteroatoms. The average Bonchev–Trinajstić information content (AvgIpc) is 2.22. The van der Waals surface area contributed by atoms with Crippen molar-refractivity contribution in [3.05, 3.63) is 29.6 Å². The van der Waals surface area contributed by atoms with Crippen molar-refractivity contribution in [3.8, 4) is 0 Å². The van der Waals surface area contributed by atoms with Gasteiger partial charge in [-0.15, -0.1) is 0 Å². The van der Waals surface area contributed by atoms with Crippen LogP contribution in [0, 0.1) is 12.3 Å². The first-order valence-corrected chi connectivity index (χ1v) is 6.58. The second kappa shape index (κ2) is 6.15. The van der Waals surface area contributed by atoms with Crippen LogP contribution in [0.3, 0.4) is 0 Å². The molecule has 1 atom stereocenters. The zero-order chi connectivity index (χ0) is 12.9. The van der Waals surface area contributed by atoms with Gasteiger partial charge in [0.2, 0.25) is 0 Å². The smallest absolute Gasteiger partial charge is 0.0421 e. The first-order valence-electron chi connectivity index (χ1n) is 6.58. The molecule has 0 saturated carbocycles.